The van der Waals surface area contributed by atoms with Crippen LogP contribution in [-0.4, -0.2) is 34.0 Å². The fraction of sp³-hybridized carbons (Fsp3) is 0.467. The average Bonchev–Trinajstić information content (AvgIpc) is 2.92. The Balaban J connectivity index is 1.81. The summed E-state index contributed by atoms with van der Waals surface area (Å²) in [6, 6.07) is 6.93. The molecule has 1 aliphatic heterocycles. The summed E-state index contributed by atoms with van der Waals surface area (Å²) in [4.78, 5) is 25.5. The van der Waals surface area contributed by atoms with Gasteiger partial charge < -0.3 is 9.84 Å². The lowest BCUT2D eigenvalue weighted by atomic mass is 9.67. The van der Waals surface area contributed by atoms with E-state index < -0.39 is 17.3 Å². The molecular weight excluding hydrogens is 244 g/mol. The third kappa shape index (κ3) is 0.782. The molecule has 3 fully saturated rings. The highest BCUT2D eigenvalue weighted by Crippen LogP contribution is 2.74. The SMILES string of the molecule is O=C1c2ccccc2C(=O)C23OC12[C@@H]1CC(O)[C@H]3C1. The second-order valence-electron chi connectivity index (χ2n) is 6.12. The van der Waals surface area contributed by atoms with E-state index in [1.807, 2.05) is 0 Å². The number of hydrogen-bond donors (Lipinski definition) is 1. The lowest BCUT2D eigenvalue weighted by molar-refractivity contribution is 0.0553. The first kappa shape index (κ1) is 10.3. The molecular formula is C15H12O4. The Labute approximate surface area is 109 Å². The molecule has 0 aromatic heterocycles. The monoisotopic (exact) mass is 256 g/mol. The number of hydrogen-bond acceptors (Lipinski definition) is 4. The van der Waals surface area contributed by atoms with Crippen molar-refractivity contribution in [3.8, 4) is 0 Å². The zero-order valence-corrected chi connectivity index (χ0v) is 10.1. The van der Waals surface area contributed by atoms with Crippen molar-refractivity contribution >= 4 is 11.6 Å². The van der Waals surface area contributed by atoms with Gasteiger partial charge >= 0.3 is 0 Å². The number of carbonyl (C=O) groups is 2. The third-order valence-corrected chi connectivity index (χ3v) is 5.55. The number of rotatable bonds is 0. The number of aliphatic hydroxyl groups excluding tert-OH is 1. The van der Waals surface area contributed by atoms with Crippen LogP contribution in [-0.2, 0) is 4.74 Å². The van der Waals surface area contributed by atoms with Crippen molar-refractivity contribution in [3.63, 3.8) is 0 Å². The van der Waals surface area contributed by atoms with Crippen LogP contribution in [0.25, 0.3) is 0 Å². The standard InChI is InChI=1S/C15H12O4/c16-11-6-7-5-10(11)15-13(18)9-4-2-1-3-8(9)12(17)14(7,15)19-15/h1-4,7,10-11,16H,5-6H2/t7-,10+,11?,14?,15?/m0/s1. The summed E-state index contributed by atoms with van der Waals surface area (Å²) in [6.45, 7) is 0. The Morgan fingerprint density at radius 3 is 2.37 bits per heavy atom. The Hall–Kier alpha value is -1.52. The van der Waals surface area contributed by atoms with Crippen LogP contribution in [0.5, 0.6) is 0 Å². The van der Waals surface area contributed by atoms with Gasteiger partial charge in [0, 0.05) is 23.0 Å². The number of ketones is 2. The van der Waals surface area contributed by atoms with E-state index in [1.165, 1.54) is 0 Å². The van der Waals surface area contributed by atoms with Crippen molar-refractivity contribution in [2.75, 3.05) is 0 Å². The van der Waals surface area contributed by atoms with Crippen molar-refractivity contribution in [2.45, 2.75) is 30.1 Å². The molecule has 1 saturated heterocycles. The van der Waals surface area contributed by atoms with Crippen molar-refractivity contribution in [1.29, 1.82) is 0 Å². The molecule has 3 unspecified atom stereocenters. The topological polar surface area (TPSA) is 66.9 Å². The minimum atomic E-state index is -1.04. The van der Waals surface area contributed by atoms with Gasteiger partial charge in [0.25, 0.3) is 0 Å². The summed E-state index contributed by atoms with van der Waals surface area (Å²) in [5, 5.41) is 10.1. The molecule has 5 rings (SSSR count). The molecule has 5 atom stereocenters. The van der Waals surface area contributed by atoms with Gasteiger partial charge in [-0.1, -0.05) is 24.3 Å². The zero-order chi connectivity index (χ0) is 13.0. The van der Waals surface area contributed by atoms with Crippen molar-refractivity contribution in [2.24, 2.45) is 11.8 Å². The molecule has 2 saturated carbocycles. The fourth-order valence-corrected chi connectivity index (χ4v) is 4.81. The average molecular weight is 256 g/mol. The van der Waals surface area contributed by atoms with Crippen LogP contribution >= 0.6 is 0 Å². The van der Waals surface area contributed by atoms with Crippen molar-refractivity contribution in [3.05, 3.63) is 35.4 Å². The predicted octanol–water partition coefficient (Wildman–Crippen LogP) is 0.974. The number of epoxide rings is 1. The summed E-state index contributed by atoms with van der Waals surface area (Å²) >= 11 is 0. The van der Waals surface area contributed by atoms with Crippen LogP contribution in [0, 0.1) is 11.8 Å². The summed E-state index contributed by atoms with van der Waals surface area (Å²) in [7, 11) is 0. The van der Waals surface area contributed by atoms with Crippen LogP contribution in [0.1, 0.15) is 33.6 Å². The van der Waals surface area contributed by atoms with Crippen LogP contribution in [0.3, 0.4) is 0 Å². The second kappa shape index (κ2) is 2.67. The summed E-state index contributed by atoms with van der Waals surface area (Å²) in [5.74, 6) is -0.365. The van der Waals surface area contributed by atoms with Crippen molar-refractivity contribution < 1.29 is 19.4 Å². The van der Waals surface area contributed by atoms with E-state index in [9.17, 15) is 14.7 Å². The molecule has 4 nitrogen and oxygen atoms in total. The second-order valence-corrected chi connectivity index (χ2v) is 6.12. The summed E-state index contributed by atoms with van der Waals surface area (Å²) in [6.07, 6.45) is 0.794. The lowest BCUT2D eigenvalue weighted by Crippen LogP contribution is -2.51. The highest BCUT2D eigenvalue weighted by atomic mass is 16.6. The molecule has 1 aromatic rings. The molecule has 0 spiro atoms. The number of benzene rings is 1. The highest BCUT2D eigenvalue weighted by Gasteiger charge is 2.91. The first-order valence-electron chi connectivity index (χ1n) is 6.70. The maximum absolute atomic E-state index is 12.7. The predicted molar refractivity (Wildman–Crippen MR) is 63.9 cm³/mol. The number of aliphatic hydroxyl groups is 1. The summed E-state index contributed by atoms with van der Waals surface area (Å²) in [5.41, 5.74) is -1.04. The Bertz CT molecular complexity index is 666. The van der Waals surface area contributed by atoms with Crippen LogP contribution in [0.4, 0.5) is 0 Å². The van der Waals surface area contributed by atoms with E-state index in [4.69, 9.17) is 4.74 Å². The molecule has 4 heteroatoms. The third-order valence-electron chi connectivity index (χ3n) is 5.55. The number of Topliss-reactive ketones (excluding diaryl/α,β-unsaturated/α-hetero) is 2. The smallest absolute Gasteiger partial charge is 0.199 e. The van der Waals surface area contributed by atoms with Gasteiger partial charge in [-0.2, -0.15) is 0 Å². The Morgan fingerprint density at radius 1 is 1.05 bits per heavy atom. The lowest BCUT2D eigenvalue weighted by Gasteiger charge is -2.30. The fourth-order valence-electron chi connectivity index (χ4n) is 4.81. The molecule has 1 N–H and O–H groups in total. The van der Waals surface area contributed by atoms with E-state index >= 15 is 0 Å². The number of carbonyl (C=O) groups excluding carboxylic acids is 2. The van der Waals surface area contributed by atoms with Gasteiger partial charge in [0.05, 0.1) is 6.10 Å². The van der Waals surface area contributed by atoms with E-state index in [2.05, 4.69) is 0 Å². The van der Waals surface area contributed by atoms with Gasteiger partial charge in [0.1, 0.15) is 0 Å². The first-order valence-corrected chi connectivity index (χ1v) is 6.70. The van der Waals surface area contributed by atoms with Crippen LogP contribution in [0.2, 0.25) is 0 Å². The van der Waals surface area contributed by atoms with E-state index in [0.29, 0.717) is 17.5 Å². The summed E-state index contributed by atoms with van der Waals surface area (Å²) < 4.78 is 5.79. The molecule has 1 aromatic carbocycles. The van der Waals surface area contributed by atoms with Gasteiger partial charge in [-0.15, -0.1) is 0 Å². The number of fused-ring (bicyclic) bond motifs is 3. The highest BCUT2D eigenvalue weighted by molar-refractivity contribution is 6.26. The quantitative estimate of drug-likeness (QED) is 0.702. The van der Waals surface area contributed by atoms with Crippen LogP contribution in [0.15, 0.2) is 24.3 Å². The molecule has 3 aliphatic carbocycles. The van der Waals surface area contributed by atoms with E-state index in [-0.39, 0.29) is 23.4 Å². The molecule has 96 valence electrons. The van der Waals surface area contributed by atoms with Gasteiger partial charge in [-0.25, -0.2) is 0 Å². The van der Waals surface area contributed by atoms with Gasteiger partial charge in [0.15, 0.2) is 22.8 Å². The van der Waals surface area contributed by atoms with Gasteiger partial charge in [0.2, 0.25) is 0 Å². The molecule has 2 bridgehead atoms. The Morgan fingerprint density at radius 2 is 1.68 bits per heavy atom. The minimum Gasteiger partial charge on any atom is -0.393 e. The van der Waals surface area contributed by atoms with Crippen molar-refractivity contribution in [1.82, 2.24) is 0 Å². The molecule has 4 aliphatic rings. The maximum Gasteiger partial charge on any atom is 0.199 e. The van der Waals surface area contributed by atoms with E-state index in [1.54, 1.807) is 24.3 Å². The largest absolute Gasteiger partial charge is 0.393 e. The normalized spacial score (nSPS) is 48.8. The van der Waals surface area contributed by atoms with Gasteiger partial charge in [-0.05, 0) is 12.8 Å². The van der Waals surface area contributed by atoms with Crippen LogP contribution < -0.4 is 0 Å². The molecule has 0 radical (unpaired) electrons. The molecule has 19 heavy (non-hydrogen) atoms. The minimum absolute atomic E-state index is 0.00249. The first-order chi connectivity index (χ1) is 9.13. The molecule has 0 amide bonds. The van der Waals surface area contributed by atoms with Gasteiger partial charge in [-0.3, -0.25) is 9.59 Å². The number of ether oxygens (including phenoxy) is 1. The maximum atomic E-state index is 12.7. The zero-order valence-electron chi connectivity index (χ0n) is 10.1. The molecule has 1 heterocycles. The van der Waals surface area contributed by atoms with E-state index in [0.717, 1.165) is 6.42 Å². The Kier molecular flexibility index (Phi) is 1.44.